The van der Waals surface area contributed by atoms with Gasteiger partial charge < -0.3 is 25.3 Å². The van der Waals surface area contributed by atoms with E-state index in [1.165, 1.54) is 18.6 Å². The van der Waals surface area contributed by atoms with Crippen LogP contribution in [0.1, 0.15) is 88.2 Å². The third-order valence-electron chi connectivity index (χ3n) is 7.68. The van der Waals surface area contributed by atoms with Gasteiger partial charge in [0.25, 0.3) is 17.8 Å². The van der Waals surface area contributed by atoms with Crippen molar-refractivity contribution in [2.45, 2.75) is 90.5 Å². The number of carbonyl (C=O) groups excluding carboxylic acids is 4. The molecule has 0 spiro atoms. The van der Waals surface area contributed by atoms with E-state index in [4.69, 9.17) is 9.31 Å². The molecule has 2 amide bonds. The summed E-state index contributed by atoms with van der Waals surface area (Å²) in [6.45, 7) is 6.80. The topological polar surface area (TPSA) is 149 Å². The summed E-state index contributed by atoms with van der Waals surface area (Å²) in [5.74, 6) is -2.76. The third-order valence-corrected chi connectivity index (χ3v) is 7.68. The van der Waals surface area contributed by atoms with Crippen molar-refractivity contribution < 1.29 is 28.5 Å². The Morgan fingerprint density at radius 2 is 1.66 bits per heavy atom. The average molecular weight is 608 g/mol. The number of benzene rings is 1. The quantitative estimate of drug-likeness (QED) is 0.193. The molecule has 44 heavy (non-hydrogen) atoms. The Hall–Kier alpha value is -3.80. The van der Waals surface area contributed by atoms with Crippen LogP contribution in [0.2, 0.25) is 0 Å². The predicted molar refractivity (Wildman–Crippen MR) is 167 cm³/mol. The standard InChI is InChI=1S/C32H46BN5O6/c1-23(2)18-27(33-43-28(39)20-32(3,21-29(40)44-33)14-10-5-6-11-15-34-4)38-30(41)25(19-24-12-8-7-9-13-24)37-31(42)26-22-35-16-17-36-26/h7-9,12-13,16-17,22-23,25,27,34H,5-6,10-11,14-15,18-21H2,1-4H3,(H,37,42)(H,38,41)/t25?,27-/m0/s1. The van der Waals surface area contributed by atoms with Crippen molar-refractivity contribution in [3.63, 3.8) is 0 Å². The van der Waals surface area contributed by atoms with Gasteiger partial charge in [-0.1, -0.05) is 70.4 Å². The Balaban J connectivity index is 1.72. The van der Waals surface area contributed by atoms with E-state index in [1.807, 2.05) is 58.2 Å². The molecule has 2 heterocycles. The van der Waals surface area contributed by atoms with E-state index >= 15 is 0 Å². The molecule has 0 bridgehead atoms. The van der Waals surface area contributed by atoms with Crippen LogP contribution in [0.5, 0.6) is 0 Å². The minimum absolute atomic E-state index is 0.0677. The van der Waals surface area contributed by atoms with Gasteiger partial charge in [-0.25, -0.2) is 4.98 Å². The molecule has 0 aliphatic carbocycles. The molecular formula is C32H46BN5O6. The van der Waals surface area contributed by atoms with Crippen LogP contribution in [0.4, 0.5) is 0 Å². The zero-order chi connectivity index (χ0) is 32.0. The van der Waals surface area contributed by atoms with Crippen LogP contribution < -0.4 is 16.0 Å². The molecule has 238 valence electrons. The summed E-state index contributed by atoms with van der Waals surface area (Å²) < 4.78 is 11.4. The predicted octanol–water partition coefficient (Wildman–Crippen LogP) is 3.43. The molecule has 1 aliphatic rings. The molecule has 12 heteroatoms. The number of nitrogens with zero attached hydrogens (tertiary/aromatic N) is 2. The fraction of sp³-hybridized carbons (Fsp3) is 0.562. The zero-order valence-electron chi connectivity index (χ0n) is 26.3. The molecule has 1 aromatic heterocycles. The smallest absolute Gasteiger partial charge is 0.498 e. The van der Waals surface area contributed by atoms with Gasteiger partial charge in [0, 0.05) is 31.7 Å². The summed E-state index contributed by atoms with van der Waals surface area (Å²) in [5.41, 5.74) is 0.336. The molecule has 1 aliphatic heterocycles. The van der Waals surface area contributed by atoms with Gasteiger partial charge in [-0.05, 0) is 49.8 Å². The fourth-order valence-corrected chi connectivity index (χ4v) is 5.41. The van der Waals surface area contributed by atoms with E-state index in [0.29, 0.717) is 12.8 Å². The van der Waals surface area contributed by atoms with E-state index in [2.05, 4.69) is 25.9 Å². The number of rotatable bonds is 16. The Kier molecular flexibility index (Phi) is 13.8. The van der Waals surface area contributed by atoms with Crippen LogP contribution in [-0.4, -0.2) is 66.4 Å². The van der Waals surface area contributed by atoms with E-state index in [-0.39, 0.29) is 30.9 Å². The molecule has 1 fully saturated rings. The second-order valence-corrected chi connectivity index (χ2v) is 12.3. The van der Waals surface area contributed by atoms with Crippen LogP contribution in [0.3, 0.4) is 0 Å². The highest BCUT2D eigenvalue weighted by molar-refractivity contribution is 6.51. The number of carbonyl (C=O) groups is 4. The summed E-state index contributed by atoms with van der Waals surface area (Å²) >= 11 is 0. The number of aromatic nitrogens is 2. The van der Waals surface area contributed by atoms with E-state index in [9.17, 15) is 19.2 Å². The van der Waals surface area contributed by atoms with Gasteiger partial charge in [0.05, 0.1) is 12.1 Å². The molecule has 1 unspecified atom stereocenters. The lowest BCUT2D eigenvalue weighted by Crippen LogP contribution is -2.57. The Bertz CT molecular complexity index is 1200. The first-order valence-corrected chi connectivity index (χ1v) is 15.5. The number of amides is 2. The highest BCUT2D eigenvalue weighted by Gasteiger charge is 2.44. The molecule has 3 N–H and O–H groups in total. The van der Waals surface area contributed by atoms with Crippen molar-refractivity contribution in [2.24, 2.45) is 11.3 Å². The maximum absolute atomic E-state index is 13.7. The average Bonchev–Trinajstić information content (AvgIpc) is 2.97. The number of unbranched alkanes of at least 4 members (excludes halogenated alkanes) is 3. The lowest BCUT2D eigenvalue weighted by atomic mass is 9.71. The molecule has 1 aromatic carbocycles. The van der Waals surface area contributed by atoms with Crippen LogP contribution >= 0.6 is 0 Å². The van der Waals surface area contributed by atoms with Gasteiger partial charge in [-0.2, -0.15) is 0 Å². The monoisotopic (exact) mass is 607 g/mol. The molecule has 2 aromatic rings. The molecular weight excluding hydrogens is 561 g/mol. The molecule has 3 rings (SSSR count). The first-order valence-electron chi connectivity index (χ1n) is 15.5. The zero-order valence-corrected chi connectivity index (χ0v) is 26.3. The summed E-state index contributed by atoms with van der Waals surface area (Å²) in [5, 5.41) is 8.81. The summed E-state index contributed by atoms with van der Waals surface area (Å²) in [6, 6.07) is 8.29. The van der Waals surface area contributed by atoms with E-state index < -0.39 is 48.3 Å². The van der Waals surface area contributed by atoms with Gasteiger partial charge in [0.1, 0.15) is 11.7 Å². The Morgan fingerprint density at radius 1 is 0.977 bits per heavy atom. The van der Waals surface area contributed by atoms with Gasteiger partial charge in [-0.3, -0.25) is 24.2 Å². The van der Waals surface area contributed by atoms with Crippen molar-refractivity contribution >= 4 is 30.9 Å². The van der Waals surface area contributed by atoms with Gasteiger partial charge in [0.15, 0.2) is 0 Å². The van der Waals surface area contributed by atoms with Crippen molar-refractivity contribution in [3.8, 4) is 0 Å². The largest absolute Gasteiger partial charge is 0.622 e. The Morgan fingerprint density at radius 3 is 2.27 bits per heavy atom. The molecule has 11 nitrogen and oxygen atoms in total. The fourth-order valence-electron chi connectivity index (χ4n) is 5.41. The second-order valence-electron chi connectivity index (χ2n) is 12.3. The SMILES string of the molecule is CNCCCCCCC1(C)CC(=O)OB([C@H](CC(C)C)NC(=O)C(Cc2ccccc2)NC(=O)c2cnccn2)OC(=O)C1. The normalized spacial score (nSPS) is 16.2. The number of hydrogen-bond donors (Lipinski definition) is 3. The van der Waals surface area contributed by atoms with Crippen molar-refractivity contribution in [1.29, 1.82) is 0 Å². The molecule has 2 atom stereocenters. The minimum atomic E-state index is -1.29. The summed E-state index contributed by atoms with van der Waals surface area (Å²) in [6.07, 6.45) is 9.70. The lowest BCUT2D eigenvalue weighted by Gasteiger charge is -2.33. The van der Waals surface area contributed by atoms with Gasteiger partial charge in [0.2, 0.25) is 5.91 Å². The number of hydrogen-bond acceptors (Lipinski definition) is 9. The van der Waals surface area contributed by atoms with Crippen molar-refractivity contribution in [3.05, 3.63) is 60.2 Å². The second kappa shape index (κ2) is 17.5. The first-order chi connectivity index (χ1) is 21.1. The van der Waals surface area contributed by atoms with Crippen molar-refractivity contribution in [2.75, 3.05) is 13.6 Å². The van der Waals surface area contributed by atoms with Crippen LogP contribution in [-0.2, 0) is 30.1 Å². The minimum Gasteiger partial charge on any atom is -0.498 e. The van der Waals surface area contributed by atoms with Crippen molar-refractivity contribution in [1.82, 2.24) is 25.9 Å². The highest BCUT2D eigenvalue weighted by atomic mass is 16.6. The van der Waals surface area contributed by atoms with E-state index in [0.717, 1.165) is 37.8 Å². The molecule has 1 saturated heterocycles. The third kappa shape index (κ3) is 11.7. The van der Waals surface area contributed by atoms with Gasteiger partial charge >= 0.3 is 7.12 Å². The van der Waals surface area contributed by atoms with Crippen LogP contribution in [0.15, 0.2) is 48.9 Å². The number of nitrogens with one attached hydrogen (secondary N) is 3. The molecule has 0 saturated carbocycles. The summed E-state index contributed by atoms with van der Waals surface area (Å²) in [4.78, 5) is 60.8. The Labute approximate surface area is 260 Å². The van der Waals surface area contributed by atoms with Gasteiger partial charge in [-0.15, -0.1) is 0 Å². The van der Waals surface area contributed by atoms with Crippen LogP contribution in [0, 0.1) is 11.3 Å². The first kappa shape index (κ1) is 34.7. The lowest BCUT2D eigenvalue weighted by molar-refractivity contribution is -0.149. The molecule has 0 radical (unpaired) electrons. The highest BCUT2D eigenvalue weighted by Crippen LogP contribution is 2.35. The summed E-state index contributed by atoms with van der Waals surface area (Å²) in [7, 11) is 0.639. The van der Waals surface area contributed by atoms with E-state index in [1.54, 1.807) is 0 Å². The maximum Gasteiger partial charge on any atom is 0.622 e. The maximum atomic E-state index is 13.7. The van der Waals surface area contributed by atoms with Crippen LogP contribution in [0.25, 0.3) is 0 Å².